The summed E-state index contributed by atoms with van der Waals surface area (Å²) >= 11 is 1.51. The topological polar surface area (TPSA) is 58.6 Å². The molecule has 0 radical (unpaired) electrons. The van der Waals surface area contributed by atoms with Crippen LogP contribution in [0.2, 0.25) is 0 Å². The molecule has 0 aliphatic heterocycles. The van der Waals surface area contributed by atoms with Gasteiger partial charge in [0.2, 0.25) is 5.91 Å². The zero-order valence-corrected chi connectivity index (χ0v) is 16.0. The van der Waals surface area contributed by atoms with Gasteiger partial charge in [-0.15, -0.1) is 11.3 Å². The molecule has 5 nitrogen and oxygen atoms in total. The maximum absolute atomic E-state index is 12.6. The smallest absolute Gasteiger partial charge is 0.341 e. The van der Waals surface area contributed by atoms with Gasteiger partial charge in [0.1, 0.15) is 5.00 Å². The van der Waals surface area contributed by atoms with E-state index in [1.807, 2.05) is 25.1 Å². The molecule has 1 aliphatic rings. The van der Waals surface area contributed by atoms with Crippen molar-refractivity contribution in [1.82, 2.24) is 4.90 Å². The number of esters is 1. The molecule has 0 spiro atoms. The normalized spacial score (nSPS) is 12.9. The fraction of sp³-hybridized carbons (Fsp3) is 0.400. The van der Waals surface area contributed by atoms with Gasteiger partial charge in [0, 0.05) is 11.4 Å². The average molecular weight is 372 g/mol. The second-order valence-corrected chi connectivity index (χ2v) is 7.50. The molecule has 0 saturated heterocycles. The Morgan fingerprint density at radius 2 is 2.00 bits per heavy atom. The number of carbonyl (C=O) groups is 2. The summed E-state index contributed by atoms with van der Waals surface area (Å²) < 4.78 is 4.93. The highest BCUT2D eigenvalue weighted by atomic mass is 32.1. The highest BCUT2D eigenvalue weighted by Crippen LogP contribution is 2.39. The number of amides is 1. The van der Waals surface area contributed by atoms with Gasteiger partial charge in [-0.3, -0.25) is 9.69 Å². The van der Waals surface area contributed by atoms with Crippen LogP contribution in [0.4, 0.5) is 5.00 Å². The van der Waals surface area contributed by atoms with Crippen molar-refractivity contribution in [3.63, 3.8) is 0 Å². The van der Waals surface area contributed by atoms with E-state index in [0.29, 0.717) is 10.6 Å². The number of aryl methyl sites for hydroxylation is 1. The Balaban J connectivity index is 1.69. The molecule has 1 aromatic heterocycles. The predicted molar refractivity (Wildman–Crippen MR) is 104 cm³/mol. The number of fused-ring (bicyclic) bond motifs is 1. The van der Waals surface area contributed by atoms with Crippen LogP contribution in [0.25, 0.3) is 0 Å². The van der Waals surface area contributed by atoms with Crippen LogP contribution in [-0.4, -0.2) is 37.0 Å². The first-order chi connectivity index (χ1) is 12.6. The molecule has 1 amide bonds. The average Bonchev–Trinajstić information content (AvgIpc) is 3.22. The Morgan fingerprint density at radius 1 is 1.23 bits per heavy atom. The second kappa shape index (κ2) is 8.47. The van der Waals surface area contributed by atoms with E-state index in [1.54, 1.807) is 0 Å². The van der Waals surface area contributed by atoms with Crippen LogP contribution in [-0.2, 0) is 28.9 Å². The van der Waals surface area contributed by atoms with E-state index in [1.165, 1.54) is 28.9 Å². The molecular formula is C20H24N2O3S. The number of nitrogens with zero attached hydrogens (tertiary/aromatic N) is 1. The van der Waals surface area contributed by atoms with Gasteiger partial charge >= 0.3 is 5.97 Å². The fourth-order valence-electron chi connectivity index (χ4n) is 3.30. The van der Waals surface area contributed by atoms with Crippen molar-refractivity contribution >= 4 is 28.2 Å². The largest absolute Gasteiger partial charge is 0.465 e. The Hall–Kier alpha value is -2.18. The number of ether oxygens (including phenoxy) is 1. The number of benzene rings is 1. The van der Waals surface area contributed by atoms with Crippen molar-refractivity contribution in [1.29, 1.82) is 0 Å². The van der Waals surface area contributed by atoms with E-state index in [4.69, 9.17) is 4.74 Å². The summed E-state index contributed by atoms with van der Waals surface area (Å²) in [5, 5.41) is 3.57. The van der Waals surface area contributed by atoms with Crippen LogP contribution in [0.1, 0.15) is 39.7 Å². The molecule has 1 N–H and O–H groups in total. The van der Waals surface area contributed by atoms with E-state index < -0.39 is 0 Å². The SMILES string of the molecule is CCN(CC(=O)Nc1sc2c(c1C(=O)OC)CCC2)Cc1ccccc1. The minimum absolute atomic E-state index is 0.104. The molecule has 6 heteroatoms. The maximum Gasteiger partial charge on any atom is 0.341 e. The van der Waals surface area contributed by atoms with Gasteiger partial charge in [0.15, 0.2) is 0 Å². The maximum atomic E-state index is 12.6. The number of carbonyl (C=O) groups excluding carboxylic acids is 2. The molecule has 0 saturated carbocycles. The van der Waals surface area contributed by atoms with Gasteiger partial charge in [0.25, 0.3) is 0 Å². The standard InChI is InChI=1S/C20H24N2O3S/c1-3-22(12-14-8-5-4-6-9-14)13-17(23)21-19-18(20(24)25-2)15-10-7-11-16(15)26-19/h4-6,8-9H,3,7,10-13H2,1-2H3,(H,21,23). The summed E-state index contributed by atoms with van der Waals surface area (Å²) in [6, 6.07) is 10.1. The molecule has 138 valence electrons. The van der Waals surface area contributed by atoms with E-state index in [-0.39, 0.29) is 18.4 Å². The highest BCUT2D eigenvalue weighted by Gasteiger charge is 2.28. The Morgan fingerprint density at radius 3 is 2.69 bits per heavy atom. The lowest BCUT2D eigenvalue weighted by Crippen LogP contribution is -2.32. The number of anilines is 1. The lowest BCUT2D eigenvalue weighted by Gasteiger charge is -2.20. The fourth-order valence-corrected chi connectivity index (χ4v) is 4.59. The van der Waals surface area contributed by atoms with E-state index in [0.717, 1.165) is 37.9 Å². The van der Waals surface area contributed by atoms with E-state index >= 15 is 0 Å². The number of nitrogens with one attached hydrogen (secondary N) is 1. The predicted octanol–water partition coefficient (Wildman–Crippen LogP) is 3.48. The zero-order valence-electron chi connectivity index (χ0n) is 15.2. The molecule has 1 heterocycles. The number of rotatable bonds is 7. The van der Waals surface area contributed by atoms with Crippen molar-refractivity contribution in [3.8, 4) is 0 Å². The molecule has 1 aromatic carbocycles. The molecule has 3 rings (SSSR count). The van der Waals surface area contributed by atoms with Crippen LogP contribution in [0.5, 0.6) is 0 Å². The van der Waals surface area contributed by atoms with E-state index in [2.05, 4.69) is 22.3 Å². The minimum Gasteiger partial charge on any atom is -0.465 e. The third kappa shape index (κ3) is 4.14. The van der Waals surface area contributed by atoms with Crippen molar-refractivity contribution in [2.45, 2.75) is 32.7 Å². The number of thiophene rings is 1. The van der Waals surface area contributed by atoms with Crippen molar-refractivity contribution < 1.29 is 14.3 Å². The van der Waals surface area contributed by atoms with Gasteiger partial charge in [0.05, 0.1) is 19.2 Å². The number of hydrogen-bond donors (Lipinski definition) is 1. The third-order valence-corrected chi connectivity index (χ3v) is 5.83. The lowest BCUT2D eigenvalue weighted by atomic mass is 10.1. The summed E-state index contributed by atoms with van der Waals surface area (Å²) in [7, 11) is 1.38. The van der Waals surface area contributed by atoms with Gasteiger partial charge in [-0.1, -0.05) is 37.3 Å². The van der Waals surface area contributed by atoms with Crippen LogP contribution >= 0.6 is 11.3 Å². The molecule has 0 fully saturated rings. The summed E-state index contributed by atoms with van der Waals surface area (Å²) in [6.45, 7) is 3.81. The van der Waals surface area contributed by atoms with Crippen LogP contribution in [0, 0.1) is 0 Å². The summed E-state index contributed by atoms with van der Waals surface area (Å²) in [4.78, 5) is 28.0. The Labute approximate surface area is 158 Å². The molecule has 0 atom stereocenters. The quantitative estimate of drug-likeness (QED) is 0.756. The lowest BCUT2D eigenvalue weighted by molar-refractivity contribution is -0.117. The first-order valence-corrected chi connectivity index (χ1v) is 9.73. The van der Waals surface area contributed by atoms with Crippen LogP contribution in [0.3, 0.4) is 0 Å². The van der Waals surface area contributed by atoms with E-state index in [9.17, 15) is 9.59 Å². The number of likely N-dealkylation sites (N-methyl/N-ethyl adjacent to an activating group) is 1. The van der Waals surface area contributed by atoms with Gasteiger partial charge < -0.3 is 10.1 Å². The molecule has 2 aromatic rings. The first kappa shape index (κ1) is 18.6. The second-order valence-electron chi connectivity index (χ2n) is 6.39. The monoisotopic (exact) mass is 372 g/mol. The van der Waals surface area contributed by atoms with Gasteiger partial charge in [-0.2, -0.15) is 0 Å². The van der Waals surface area contributed by atoms with Crippen molar-refractivity contribution in [3.05, 3.63) is 51.9 Å². The van der Waals surface area contributed by atoms with Crippen molar-refractivity contribution in [2.24, 2.45) is 0 Å². The molecule has 0 unspecified atom stereocenters. The third-order valence-electron chi connectivity index (χ3n) is 4.63. The molecule has 26 heavy (non-hydrogen) atoms. The van der Waals surface area contributed by atoms with Crippen molar-refractivity contribution in [2.75, 3.05) is 25.5 Å². The first-order valence-electron chi connectivity index (χ1n) is 8.91. The van der Waals surface area contributed by atoms with Crippen LogP contribution < -0.4 is 5.32 Å². The Bertz CT molecular complexity index is 786. The molecule has 0 bridgehead atoms. The van der Waals surface area contributed by atoms with Gasteiger partial charge in [-0.05, 0) is 36.9 Å². The summed E-state index contributed by atoms with van der Waals surface area (Å²) in [5.41, 5.74) is 2.77. The number of hydrogen-bond acceptors (Lipinski definition) is 5. The summed E-state index contributed by atoms with van der Waals surface area (Å²) in [6.07, 6.45) is 2.90. The Kier molecular flexibility index (Phi) is 6.06. The number of methoxy groups -OCH3 is 1. The highest BCUT2D eigenvalue weighted by molar-refractivity contribution is 7.17. The minimum atomic E-state index is -0.365. The summed E-state index contributed by atoms with van der Waals surface area (Å²) in [5.74, 6) is -0.468. The molecule has 1 aliphatic carbocycles. The van der Waals surface area contributed by atoms with Crippen LogP contribution in [0.15, 0.2) is 30.3 Å². The van der Waals surface area contributed by atoms with Gasteiger partial charge in [-0.25, -0.2) is 4.79 Å². The molecular weight excluding hydrogens is 348 g/mol. The zero-order chi connectivity index (χ0) is 18.5.